The smallest absolute Gasteiger partial charge is 0.422 e. The van der Waals surface area contributed by atoms with Crippen LogP contribution >= 0.6 is 0 Å². The van der Waals surface area contributed by atoms with Crippen molar-refractivity contribution >= 4 is 5.95 Å². The molecular weight excluding hydrogens is 199 g/mol. The molecule has 0 saturated heterocycles. The van der Waals surface area contributed by atoms with Crippen molar-refractivity contribution in [3.05, 3.63) is 11.8 Å². The Bertz CT molecular complexity index is 326. The topological polar surface area (TPSA) is 61.0 Å². The first-order valence-electron chi connectivity index (χ1n) is 3.67. The van der Waals surface area contributed by atoms with Crippen molar-refractivity contribution in [1.29, 1.82) is 0 Å². The van der Waals surface area contributed by atoms with Gasteiger partial charge in [-0.25, -0.2) is 4.98 Å². The van der Waals surface area contributed by atoms with Gasteiger partial charge in [0.05, 0.1) is 0 Å². The Morgan fingerprint density at radius 1 is 1.50 bits per heavy atom. The van der Waals surface area contributed by atoms with Crippen LogP contribution in [0.4, 0.5) is 19.1 Å². The Kier molecular flexibility index (Phi) is 2.78. The summed E-state index contributed by atoms with van der Waals surface area (Å²) < 4.78 is 39.7. The van der Waals surface area contributed by atoms with Crippen molar-refractivity contribution in [3.8, 4) is 5.88 Å². The van der Waals surface area contributed by atoms with E-state index in [4.69, 9.17) is 5.73 Å². The minimum Gasteiger partial charge on any atom is -0.468 e. The average molecular weight is 207 g/mol. The first kappa shape index (κ1) is 10.6. The molecule has 7 heteroatoms. The minimum absolute atomic E-state index is 0.118. The summed E-state index contributed by atoms with van der Waals surface area (Å²) in [6, 6.07) is 0. The standard InChI is InChI=1S/C7H8F3N3O/c1-4-2-12-6(11)13-5(4)14-3-7(8,9)10/h2H,3H2,1H3,(H2,11,12,13). The number of alkyl halides is 3. The van der Waals surface area contributed by atoms with Gasteiger partial charge in [0.15, 0.2) is 6.61 Å². The van der Waals surface area contributed by atoms with E-state index in [9.17, 15) is 13.2 Å². The number of anilines is 1. The van der Waals surface area contributed by atoms with E-state index in [1.54, 1.807) is 0 Å². The lowest BCUT2D eigenvalue weighted by atomic mass is 10.4. The number of ether oxygens (including phenoxy) is 1. The van der Waals surface area contributed by atoms with Gasteiger partial charge in [0.25, 0.3) is 0 Å². The molecule has 78 valence electrons. The number of nitrogens with zero attached hydrogens (tertiary/aromatic N) is 2. The second kappa shape index (κ2) is 3.69. The molecule has 0 amide bonds. The van der Waals surface area contributed by atoms with Gasteiger partial charge in [0.2, 0.25) is 11.8 Å². The summed E-state index contributed by atoms with van der Waals surface area (Å²) in [7, 11) is 0. The number of aromatic nitrogens is 2. The Morgan fingerprint density at radius 3 is 2.71 bits per heavy atom. The van der Waals surface area contributed by atoms with Gasteiger partial charge in [-0.2, -0.15) is 18.2 Å². The fourth-order valence-corrected chi connectivity index (χ4v) is 0.736. The van der Waals surface area contributed by atoms with Gasteiger partial charge in [0, 0.05) is 11.8 Å². The van der Waals surface area contributed by atoms with E-state index in [2.05, 4.69) is 14.7 Å². The van der Waals surface area contributed by atoms with Gasteiger partial charge in [-0.1, -0.05) is 0 Å². The SMILES string of the molecule is Cc1cnc(N)nc1OCC(F)(F)F. The van der Waals surface area contributed by atoms with Crippen LogP contribution in [0.5, 0.6) is 5.88 Å². The van der Waals surface area contributed by atoms with Crippen LogP contribution in [0.25, 0.3) is 0 Å². The molecule has 1 heterocycles. The molecule has 1 aromatic heterocycles. The van der Waals surface area contributed by atoms with Crippen molar-refractivity contribution in [1.82, 2.24) is 9.97 Å². The second-order valence-electron chi connectivity index (χ2n) is 2.62. The first-order chi connectivity index (χ1) is 6.38. The third-order valence-corrected chi connectivity index (χ3v) is 1.32. The number of nitrogen functional groups attached to an aromatic ring is 1. The molecule has 0 radical (unpaired) electrons. The van der Waals surface area contributed by atoms with Crippen LogP contribution < -0.4 is 10.5 Å². The van der Waals surface area contributed by atoms with Crippen LogP contribution in [0.15, 0.2) is 6.20 Å². The van der Waals surface area contributed by atoms with E-state index in [0.717, 1.165) is 0 Å². The van der Waals surface area contributed by atoms with Crippen LogP contribution in [0.3, 0.4) is 0 Å². The van der Waals surface area contributed by atoms with Crippen molar-refractivity contribution in [2.24, 2.45) is 0 Å². The monoisotopic (exact) mass is 207 g/mol. The number of aryl methyl sites for hydroxylation is 1. The van der Waals surface area contributed by atoms with E-state index in [0.29, 0.717) is 5.56 Å². The summed E-state index contributed by atoms with van der Waals surface area (Å²) in [4.78, 5) is 7.11. The van der Waals surface area contributed by atoms with Gasteiger partial charge in [0.1, 0.15) is 0 Å². The average Bonchev–Trinajstić information content (AvgIpc) is 2.05. The highest BCUT2D eigenvalue weighted by molar-refractivity contribution is 5.28. The predicted molar refractivity (Wildman–Crippen MR) is 42.7 cm³/mol. The lowest BCUT2D eigenvalue weighted by Gasteiger charge is -2.09. The summed E-state index contributed by atoms with van der Waals surface area (Å²) in [5, 5.41) is 0. The van der Waals surface area contributed by atoms with Crippen LogP contribution in [0.1, 0.15) is 5.56 Å². The van der Waals surface area contributed by atoms with Gasteiger partial charge in [-0.15, -0.1) is 0 Å². The Hall–Kier alpha value is -1.53. The molecule has 1 rings (SSSR count). The minimum atomic E-state index is -4.38. The summed E-state index contributed by atoms with van der Waals surface area (Å²) in [6.07, 6.45) is -3.08. The summed E-state index contributed by atoms with van der Waals surface area (Å²) in [5.41, 5.74) is 5.59. The molecular formula is C7H8F3N3O. The summed E-state index contributed by atoms with van der Waals surface area (Å²) in [5.74, 6) is -0.261. The predicted octanol–water partition coefficient (Wildman–Crippen LogP) is 1.31. The zero-order valence-electron chi connectivity index (χ0n) is 7.30. The number of nitrogens with two attached hydrogens (primary N) is 1. The highest BCUT2D eigenvalue weighted by atomic mass is 19.4. The maximum Gasteiger partial charge on any atom is 0.422 e. The number of halogens is 3. The van der Waals surface area contributed by atoms with Crippen molar-refractivity contribution in [2.75, 3.05) is 12.3 Å². The fourth-order valence-electron chi connectivity index (χ4n) is 0.736. The fraction of sp³-hybridized carbons (Fsp3) is 0.429. The highest BCUT2D eigenvalue weighted by Gasteiger charge is 2.29. The van der Waals surface area contributed by atoms with Gasteiger partial charge in [-0.05, 0) is 6.92 Å². The van der Waals surface area contributed by atoms with E-state index in [1.807, 2.05) is 0 Å². The molecule has 0 aliphatic carbocycles. The second-order valence-corrected chi connectivity index (χ2v) is 2.62. The molecule has 0 spiro atoms. The van der Waals surface area contributed by atoms with Gasteiger partial charge >= 0.3 is 6.18 Å². The molecule has 1 aromatic rings. The third kappa shape index (κ3) is 3.08. The van der Waals surface area contributed by atoms with E-state index in [-0.39, 0.29) is 11.8 Å². The quantitative estimate of drug-likeness (QED) is 0.794. The molecule has 0 saturated carbocycles. The van der Waals surface area contributed by atoms with E-state index < -0.39 is 12.8 Å². The third-order valence-electron chi connectivity index (χ3n) is 1.32. The molecule has 0 aliphatic heterocycles. The molecule has 2 N–H and O–H groups in total. The molecule has 0 atom stereocenters. The lowest BCUT2D eigenvalue weighted by molar-refractivity contribution is -0.154. The Labute approximate surface area is 77.9 Å². The molecule has 4 nitrogen and oxygen atoms in total. The zero-order chi connectivity index (χ0) is 10.8. The van der Waals surface area contributed by atoms with Gasteiger partial charge < -0.3 is 10.5 Å². The summed E-state index contributed by atoms with van der Waals surface area (Å²) in [6.45, 7) is 0.148. The van der Waals surface area contributed by atoms with Crippen molar-refractivity contribution in [3.63, 3.8) is 0 Å². The van der Waals surface area contributed by atoms with Crippen molar-refractivity contribution in [2.45, 2.75) is 13.1 Å². The highest BCUT2D eigenvalue weighted by Crippen LogP contribution is 2.19. The van der Waals surface area contributed by atoms with E-state index >= 15 is 0 Å². The Morgan fingerprint density at radius 2 is 2.14 bits per heavy atom. The number of hydrogen-bond donors (Lipinski definition) is 1. The van der Waals surface area contributed by atoms with Crippen LogP contribution in [-0.2, 0) is 0 Å². The van der Waals surface area contributed by atoms with Gasteiger partial charge in [-0.3, -0.25) is 0 Å². The van der Waals surface area contributed by atoms with E-state index in [1.165, 1.54) is 13.1 Å². The normalized spacial score (nSPS) is 11.4. The maximum atomic E-state index is 11.8. The maximum absolute atomic E-state index is 11.8. The largest absolute Gasteiger partial charge is 0.468 e. The molecule has 0 unspecified atom stereocenters. The molecule has 0 aliphatic rings. The zero-order valence-corrected chi connectivity index (χ0v) is 7.30. The van der Waals surface area contributed by atoms with Crippen LogP contribution in [0, 0.1) is 6.92 Å². The lowest BCUT2D eigenvalue weighted by Crippen LogP contribution is -2.20. The van der Waals surface area contributed by atoms with Crippen LogP contribution in [-0.4, -0.2) is 22.8 Å². The molecule has 0 fully saturated rings. The molecule has 14 heavy (non-hydrogen) atoms. The van der Waals surface area contributed by atoms with Crippen molar-refractivity contribution < 1.29 is 17.9 Å². The molecule has 0 bridgehead atoms. The Balaban J connectivity index is 2.72. The summed E-state index contributed by atoms with van der Waals surface area (Å²) >= 11 is 0. The first-order valence-corrected chi connectivity index (χ1v) is 3.67. The number of hydrogen-bond acceptors (Lipinski definition) is 4. The number of rotatable bonds is 2. The van der Waals surface area contributed by atoms with Crippen LogP contribution in [0.2, 0.25) is 0 Å². The molecule has 0 aromatic carbocycles.